The van der Waals surface area contributed by atoms with Gasteiger partial charge in [-0.3, -0.25) is 9.59 Å². The second-order valence-electron chi connectivity index (χ2n) is 5.01. The van der Waals surface area contributed by atoms with Gasteiger partial charge in [0.25, 0.3) is 0 Å². The molecule has 19 heavy (non-hydrogen) atoms. The maximum atomic E-state index is 12.0. The number of carbonyl (C=O) groups excluding carboxylic acids is 1. The van der Waals surface area contributed by atoms with Crippen molar-refractivity contribution in [3.8, 4) is 0 Å². The van der Waals surface area contributed by atoms with Crippen molar-refractivity contribution >= 4 is 21.7 Å². The molecule has 1 unspecified atom stereocenters. The molecule has 1 amide bonds. The smallest absolute Gasteiger partial charge is 0.323 e. The standard InChI is InChI=1S/C11H20N2O5S/c1-8(2)12-5-10(14)13(6-11(15)16)9-3-4-19(17,18)7-9/h8-9,12H,3-7H2,1-2H3,(H,15,16). The van der Waals surface area contributed by atoms with Crippen molar-refractivity contribution in [3.05, 3.63) is 0 Å². The summed E-state index contributed by atoms with van der Waals surface area (Å²) < 4.78 is 22.8. The minimum atomic E-state index is -3.15. The molecule has 0 aliphatic carbocycles. The molecule has 1 atom stereocenters. The van der Waals surface area contributed by atoms with Crippen molar-refractivity contribution in [2.75, 3.05) is 24.6 Å². The Hall–Kier alpha value is -1.15. The Morgan fingerprint density at radius 2 is 2.05 bits per heavy atom. The van der Waals surface area contributed by atoms with E-state index in [9.17, 15) is 18.0 Å². The zero-order valence-electron chi connectivity index (χ0n) is 11.1. The number of sulfone groups is 1. The van der Waals surface area contributed by atoms with Crippen LogP contribution in [0, 0.1) is 0 Å². The van der Waals surface area contributed by atoms with Crippen molar-refractivity contribution in [1.29, 1.82) is 0 Å². The van der Waals surface area contributed by atoms with E-state index in [0.717, 1.165) is 4.90 Å². The van der Waals surface area contributed by atoms with Gasteiger partial charge in [0, 0.05) is 12.1 Å². The lowest BCUT2D eigenvalue weighted by Crippen LogP contribution is -2.48. The summed E-state index contributed by atoms with van der Waals surface area (Å²) in [5.74, 6) is -1.65. The molecule has 7 nitrogen and oxygen atoms in total. The Morgan fingerprint density at radius 3 is 2.47 bits per heavy atom. The van der Waals surface area contributed by atoms with Crippen molar-refractivity contribution in [2.24, 2.45) is 0 Å². The number of amides is 1. The molecule has 0 bridgehead atoms. The van der Waals surface area contributed by atoms with Crippen molar-refractivity contribution in [1.82, 2.24) is 10.2 Å². The van der Waals surface area contributed by atoms with Crippen LogP contribution in [0.1, 0.15) is 20.3 Å². The number of nitrogens with one attached hydrogen (secondary N) is 1. The van der Waals surface area contributed by atoms with Crippen LogP contribution in [0.5, 0.6) is 0 Å². The van der Waals surface area contributed by atoms with Gasteiger partial charge in [-0.15, -0.1) is 0 Å². The van der Waals surface area contributed by atoms with E-state index in [4.69, 9.17) is 5.11 Å². The molecule has 1 saturated heterocycles. The van der Waals surface area contributed by atoms with Crippen LogP contribution >= 0.6 is 0 Å². The van der Waals surface area contributed by atoms with Gasteiger partial charge >= 0.3 is 5.97 Å². The molecule has 0 saturated carbocycles. The van der Waals surface area contributed by atoms with Crippen LogP contribution in [0.3, 0.4) is 0 Å². The summed E-state index contributed by atoms with van der Waals surface area (Å²) in [7, 11) is -3.15. The van der Waals surface area contributed by atoms with Crippen LogP contribution in [-0.2, 0) is 19.4 Å². The number of carboxylic acids is 1. The van der Waals surface area contributed by atoms with E-state index in [1.807, 2.05) is 13.8 Å². The van der Waals surface area contributed by atoms with E-state index in [1.165, 1.54) is 0 Å². The molecular formula is C11H20N2O5S. The zero-order chi connectivity index (χ0) is 14.6. The lowest BCUT2D eigenvalue weighted by atomic mass is 10.2. The predicted octanol–water partition coefficient (Wildman–Crippen LogP) is -0.915. The van der Waals surface area contributed by atoms with Gasteiger partial charge in [-0.25, -0.2) is 8.42 Å². The molecule has 1 aliphatic rings. The summed E-state index contributed by atoms with van der Waals surface area (Å²) in [5, 5.41) is 11.7. The molecule has 1 fully saturated rings. The van der Waals surface area contributed by atoms with Gasteiger partial charge < -0.3 is 15.3 Å². The number of carboxylic acid groups (broad SMARTS) is 1. The molecule has 0 aromatic carbocycles. The van der Waals surface area contributed by atoms with Gasteiger partial charge in [-0.2, -0.15) is 0 Å². The van der Waals surface area contributed by atoms with Crippen molar-refractivity contribution in [2.45, 2.75) is 32.4 Å². The summed E-state index contributed by atoms with van der Waals surface area (Å²) in [5.41, 5.74) is 0. The molecule has 2 N–H and O–H groups in total. The number of aliphatic carboxylic acids is 1. The van der Waals surface area contributed by atoms with Crippen molar-refractivity contribution < 1.29 is 23.1 Å². The number of hydrogen-bond acceptors (Lipinski definition) is 5. The SMILES string of the molecule is CC(C)NCC(=O)N(CC(=O)O)C1CCS(=O)(=O)C1. The van der Waals surface area contributed by atoms with E-state index in [1.54, 1.807) is 0 Å². The first-order valence-electron chi connectivity index (χ1n) is 6.16. The largest absolute Gasteiger partial charge is 0.480 e. The van der Waals surface area contributed by atoms with Crippen LogP contribution in [-0.4, -0.2) is 67.0 Å². The maximum Gasteiger partial charge on any atom is 0.323 e. The molecule has 110 valence electrons. The van der Waals surface area contributed by atoms with Gasteiger partial charge in [0.2, 0.25) is 5.91 Å². The average Bonchev–Trinajstić information content (AvgIpc) is 2.62. The third-order valence-corrected chi connectivity index (χ3v) is 4.69. The lowest BCUT2D eigenvalue weighted by molar-refractivity contribution is -0.145. The highest BCUT2D eigenvalue weighted by atomic mass is 32.2. The van der Waals surface area contributed by atoms with E-state index < -0.39 is 28.4 Å². The number of nitrogens with zero attached hydrogens (tertiary/aromatic N) is 1. The molecule has 0 aromatic heterocycles. The average molecular weight is 292 g/mol. The van der Waals surface area contributed by atoms with Crippen LogP contribution in [0.2, 0.25) is 0 Å². The number of hydrogen-bond donors (Lipinski definition) is 2. The second-order valence-corrected chi connectivity index (χ2v) is 7.24. The second kappa shape index (κ2) is 6.33. The van der Waals surface area contributed by atoms with E-state index >= 15 is 0 Å². The molecule has 0 aromatic rings. The molecular weight excluding hydrogens is 272 g/mol. The Labute approximate surface area is 112 Å². The van der Waals surface area contributed by atoms with Crippen LogP contribution in [0.25, 0.3) is 0 Å². The first-order valence-corrected chi connectivity index (χ1v) is 7.98. The highest BCUT2D eigenvalue weighted by molar-refractivity contribution is 7.91. The highest BCUT2D eigenvalue weighted by Crippen LogP contribution is 2.17. The summed E-state index contributed by atoms with van der Waals surface area (Å²) >= 11 is 0. The highest BCUT2D eigenvalue weighted by Gasteiger charge is 2.35. The van der Waals surface area contributed by atoms with Gasteiger partial charge in [0.15, 0.2) is 9.84 Å². The third-order valence-electron chi connectivity index (χ3n) is 2.94. The van der Waals surface area contributed by atoms with Gasteiger partial charge in [-0.05, 0) is 6.42 Å². The van der Waals surface area contributed by atoms with E-state index in [-0.39, 0.29) is 30.0 Å². The first kappa shape index (κ1) is 15.9. The molecule has 1 heterocycles. The predicted molar refractivity (Wildman–Crippen MR) is 69.5 cm³/mol. The van der Waals surface area contributed by atoms with Gasteiger partial charge in [0.05, 0.1) is 18.1 Å². The minimum absolute atomic E-state index is 0.0126. The first-order chi connectivity index (χ1) is 8.71. The lowest BCUT2D eigenvalue weighted by Gasteiger charge is -2.27. The Balaban J connectivity index is 2.72. The maximum absolute atomic E-state index is 12.0. The molecule has 0 radical (unpaired) electrons. The summed E-state index contributed by atoms with van der Waals surface area (Å²) in [6.07, 6.45) is 0.309. The molecule has 0 spiro atoms. The van der Waals surface area contributed by atoms with Crippen LogP contribution in [0.4, 0.5) is 0 Å². The van der Waals surface area contributed by atoms with E-state index in [0.29, 0.717) is 6.42 Å². The van der Waals surface area contributed by atoms with Crippen LogP contribution in [0.15, 0.2) is 0 Å². The fourth-order valence-corrected chi connectivity index (χ4v) is 3.71. The van der Waals surface area contributed by atoms with Gasteiger partial charge in [-0.1, -0.05) is 13.8 Å². The topological polar surface area (TPSA) is 104 Å². The quantitative estimate of drug-likeness (QED) is 0.656. The monoisotopic (exact) mass is 292 g/mol. The van der Waals surface area contributed by atoms with Crippen molar-refractivity contribution in [3.63, 3.8) is 0 Å². The Morgan fingerprint density at radius 1 is 1.42 bits per heavy atom. The zero-order valence-corrected chi connectivity index (χ0v) is 11.9. The van der Waals surface area contributed by atoms with E-state index in [2.05, 4.69) is 5.32 Å². The summed E-state index contributed by atoms with van der Waals surface area (Å²) in [6, 6.07) is -0.425. The number of carbonyl (C=O) groups is 2. The minimum Gasteiger partial charge on any atom is -0.480 e. The molecule has 8 heteroatoms. The summed E-state index contributed by atoms with van der Waals surface area (Å²) in [6.45, 7) is 3.30. The Kier molecular flexibility index (Phi) is 5.30. The molecule has 1 aliphatic heterocycles. The normalized spacial score (nSPS) is 21.5. The van der Waals surface area contributed by atoms with Crippen LogP contribution < -0.4 is 5.32 Å². The number of rotatable bonds is 6. The van der Waals surface area contributed by atoms with Gasteiger partial charge in [0.1, 0.15) is 6.54 Å². The summed E-state index contributed by atoms with van der Waals surface area (Å²) in [4.78, 5) is 23.9. The third kappa shape index (κ3) is 5.15. The fraction of sp³-hybridized carbons (Fsp3) is 0.818. The Bertz CT molecular complexity index is 446. The molecule has 1 rings (SSSR count). The fourth-order valence-electron chi connectivity index (χ4n) is 1.98.